The number of ether oxygens (including phenoxy) is 2. The molecule has 0 spiro atoms. The van der Waals surface area contributed by atoms with E-state index in [1.54, 1.807) is 17.5 Å². The van der Waals surface area contributed by atoms with Crippen LogP contribution in [0.4, 0.5) is 5.95 Å². The van der Waals surface area contributed by atoms with E-state index in [1.807, 2.05) is 23.6 Å². The molecule has 2 aliphatic heterocycles. The molecule has 1 amide bonds. The summed E-state index contributed by atoms with van der Waals surface area (Å²) in [6.07, 6.45) is 1.20. The van der Waals surface area contributed by atoms with Crippen molar-refractivity contribution in [3.63, 3.8) is 0 Å². The van der Waals surface area contributed by atoms with Gasteiger partial charge >= 0.3 is 0 Å². The van der Waals surface area contributed by atoms with Gasteiger partial charge in [-0.3, -0.25) is 4.79 Å². The van der Waals surface area contributed by atoms with Crippen molar-refractivity contribution in [3.8, 4) is 10.6 Å². The van der Waals surface area contributed by atoms with E-state index in [4.69, 9.17) is 9.47 Å². The number of amides is 1. The van der Waals surface area contributed by atoms with E-state index >= 15 is 0 Å². The first-order valence-electron chi connectivity index (χ1n) is 9.04. The zero-order valence-electron chi connectivity index (χ0n) is 15.3. The number of hydrogen-bond donors (Lipinski definition) is 2. The molecule has 2 N–H and O–H groups in total. The van der Waals surface area contributed by atoms with Gasteiger partial charge in [0.15, 0.2) is 0 Å². The Labute approximate surface area is 175 Å². The number of carbonyl (C=O) groups is 2. The summed E-state index contributed by atoms with van der Waals surface area (Å²) >= 11 is 2.61. The summed E-state index contributed by atoms with van der Waals surface area (Å²) in [5, 5.41) is 18.6. The first-order chi connectivity index (χ1) is 14.1. The lowest BCUT2D eigenvalue weighted by molar-refractivity contribution is -0.301. The molecule has 4 atom stereocenters. The van der Waals surface area contributed by atoms with Gasteiger partial charge < -0.3 is 30.0 Å². The lowest BCUT2D eigenvalue weighted by Gasteiger charge is -2.18. The van der Waals surface area contributed by atoms with Crippen LogP contribution in [0.1, 0.15) is 0 Å². The zero-order valence-corrected chi connectivity index (χ0v) is 16.9. The summed E-state index contributed by atoms with van der Waals surface area (Å²) in [6.45, 7) is 0.744. The summed E-state index contributed by atoms with van der Waals surface area (Å²) in [5.41, 5.74) is 0.847. The number of carboxylic acids is 1. The van der Waals surface area contributed by atoms with Crippen LogP contribution in [0, 0.1) is 0 Å². The van der Waals surface area contributed by atoms with Crippen molar-refractivity contribution in [3.05, 3.63) is 29.8 Å². The topological polar surface area (TPSA) is 126 Å². The predicted octanol–water partition coefficient (Wildman–Crippen LogP) is -0.249. The predicted molar refractivity (Wildman–Crippen MR) is 106 cm³/mol. The van der Waals surface area contributed by atoms with Crippen molar-refractivity contribution in [1.82, 2.24) is 15.3 Å². The van der Waals surface area contributed by atoms with Crippen LogP contribution in [-0.2, 0) is 19.1 Å². The Morgan fingerprint density at radius 1 is 1.21 bits per heavy atom. The highest BCUT2D eigenvalue weighted by atomic mass is 32.2. The van der Waals surface area contributed by atoms with E-state index in [-0.39, 0.29) is 41.7 Å². The van der Waals surface area contributed by atoms with Crippen LogP contribution < -0.4 is 15.7 Å². The average molecular weight is 436 g/mol. The van der Waals surface area contributed by atoms with Crippen LogP contribution in [0.25, 0.3) is 10.6 Å². The SMILES string of the molecule is O=C([O-])CSCC(=O)N[C@H]1CO[C@H]2[C@@H]1OC[C@@H]2Nc1nccc(-c2cccs2)n1. The normalized spacial score (nSPS) is 25.5. The highest BCUT2D eigenvalue weighted by Gasteiger charge is 2.48. The number of nitrogens with zero attached hydrogens (tertiary/aromatic N) is 2. The van der Waals surface area contributed by atoms with Gasteiger partial charge in [0.2, 0.25) is 11.9 Å². The summed E-state index contributed by atoms with van der Waals surface area (Å²) < 4.78 is 11.7. The Morgan fingerprint density at radius 2 is 2.00 bits per heavy atom. The fraction of sp³-hybridized carbons (Fsp3) is 0.444. The third-order valence-corrected chi connectivity index (χ3v) is 6.40. The van der Waals surface area contributed by atoms with E-state index in [1.165, 1.54) is 0 Å². The minimum absolute atomic E-state index is 0.0485. The van der Waals surface area contributed by atoms with Gasteiger partial charge in [-0.15, -0.1) is 23.1 Å². The van der Waals surface area contributed by atoms with Gasteiger partial charge in [-0.1, -0.05) is 6.07 Å². The van der Waals surface area contributed by atoms with Crippen LogP contribution in [0.2, 0.25) is 0 Å². The number of aliphatic carboxylic acids is 1. The van der Waals surface area contributed by atoms with Crippen molar-refractivity contribution in [2.24, 2.45) is 0 Å². The van der Waals surface area contributed by atoms with Gasteiger partial charge in [-0.2, -0.15) is 0 Å². The molecule has 0 unspecified atom stereocenters. The van der Waals surface area contributed by atoms with Gasteiger partial charge in [0.05, 0.1) is 47.6 Å². The van der Waals surface area contributed by atoms with Crippen LogP contribution in [0.3, 0.4) is 0 Å². The van der Waals surface area contributed by atoms with E-state index in [2.05, 4.69) is 20.6 Å². The maximum Gasteiger partial charge on any atom is 0.230 e. The molecule has 154 valence electrons. The third kappa shape index (κ3) is 4.86. The summed E-state index contributed by atoms with van der Waals surface area (Å²) in [4.78, 5) is 32.3. The average Bonchev–Trinajstić information content (AvgIpc) is 3.42. The molecule has 2 aliphatic rings. The zero-order chi connectivity index (χ0) is 20.2. The summed E-state index contributed by atoms with van der Waals surface area (Å²) in [5.74, 6) is -1.11. The molecule has 4 heterocycles. The largest absolute Gasteiger partial charge is 0.549 e. The maximum atomic E-state index is 12.0. The van der Waals surface area contributed by atoms with Crippen molar-refractivity contribution < 1.29 is 24.2 Å². The van der Waals surface area contributed by atoms with Crippen molar-refractivity contribution in [1.29, 1.82) is 0 Å². The fourth-order valence-corrected chi connectivity index (χ4v) is 4.61. The number of carboxylic acid groups (broad SMARTS) is 1. The van der Waals surface area contributed by atoms with Gasteiger partial charge in [-0.05, 0) is 17.5 Å². The second-order valence-electron chi connectivity index (χ2n) is 6.63. The smallest absolute Gasteiger partial charge is 0.230 e. The van der Waals surface area contributed by atoms with Crippen molar-refractivity contribution >= 4 is 40.9 Å². The minimum Gasteiger partial charge on any atom is -0.549 e. The Morgan fingerprint density at radius 3 is 2.76 bits per heavy atom. The molecule has 29 heavy (non-hydrogen) atoms. The number of anilines is 1. The second kappa shape index (κ2) is 9.08. The maximum absolute atomic E-state index is 12.0. The third-order valence-electron chi connectivity index (χ3n) is 4.60. The molecular formula is C18H19N4O5S2-. The molecule has 0 bridgehead atoms. The van der Waals surface area contributed by atoms with Crippen LogP contribution in [0.15, 0.2) is 29.8 Å². The number of thiophene rings is 1. The molecule has 2 saturated heterocycles. The fourth-order valence-electron chi connectivity index (χ4n) is 3.38. The Hall–Kier alpha value is -2.21. The monoisotopic (exact) mass is 435 g/mol. The molecule has 2 aromatic rings. The van der Waals surface area contributed by atoms with E-state index in [0.717, 1.165) is 22.3 Å². The molecule has 9 nitrogen and oxygen atoms in total. The van der Waals surface area contributed by atoms with Gasteiger partial charge in [-0.25, -0.2) is 9.97 Å². The van der Waals surface area contributed by atoms with Gasteiger partial charge in [0.25, 0.3) is 0 Å². The number of carbonyl (C=O) groups excluding carboxylic acids is 2. The molecule has 0 aromatic carbocycles. The molecule has 0 saturated carbocycles. The lowest BCUT2D eigenvalue weighted by Crippen LogP contribution is -2.45. The molecule has 2 aromatic heterocycles. The highest BCUT2D eigenvalue weighted by molar-refractivity contribution is 8.00. The molecule has 0 aliphatic carbocycles. The Balaban J connectivity index is 1.32. The number of nitrogens with one attached hydrogen (secondary N) is 2. The number of thioether (sulfide) groups is 1. The quantitative estimate of drug-likeness (QED) is 0.577. The number of aromatic nitrogens is 2. The number of hydrogen-bond acceptors (Lipinski definition) is 10. The van der Waals surface area contributed by atoms with Gasteiger partial charge in [0, 0.05) is 11.9 Å². The molecule has 4 rings (SSSR count). The Bertz CT molecular complexity index is 866. The van der Waals surface area contributed by atoms with Crippen molar-refractivity contribution in [2.75, 3.05) is 30.0 Å². The van der Waals surface area contributed by atoms with Crippen LogP contribution in [0.5, 0.6) is 0 Å². The summed E-state index contributed by atoms with van der Waals surface area (Å²) in [7, 11) is 0. The van der Waals surface area contributed by atoms with Crippen LogP contribution in [-0.4, -0.2) is 70.9 Å². The molecule has 0 radical (unpaired) electrons. The molecule has 11 heteroatoms. The Kier molecular flexibility index (Phi) is 6.28. The van der Waals surface area contributed by atoms with Crippen LogP contribution >= 0.6 is 23.1 Å². The first-order valence-corrected chi connectivity index (χ1v) is 11.1. The summed E-state index contributed by atoms with van der Waals surface area (Å²) in [6, 6.07) is 5.43. The van der Waals surface area contributed by atoms with Crippen molar-refractivity contribution in [2.45, 2.75) is 24.3 Å². The lowest BCUT2D eigenvalue weighted by atomic mass is 10.1. The second-order valence-corrected chi connectivity index (χ2v) is 8.56. The van der Waals surface area contributed by atoms with E-state index in [0.29, 0.717) is 19.2 Å². The molecule has 2 fully saturated rings. The molecular weight excluding hydrogens is 416 g/mol. The first kappa shape index (κ1) is 20.1. The van der Waals surface area contributed by atoms with E-state index < -0.39 is 5.97 Å². The van der Waals surface area contributed by atoms with Gasteiger partial charge in [0.1, 0.15) is 12.2 Å². The minimum atomic E-state index is -1.19. The number of fused-ring (bicyclic) bond motifs is 1. The number of rotatable bonds is 8. The highest BCUT2D eigenvalue weighted by Crippen LogP contribution is 2.29. The standard InChI is InChI=1S/C18H20N4O5S2/c23-14(8-28-9-15(24)25)20-11-6-26-17-12(7-27-16(11)17)22-18-19-4-3-10(21-18)13-2-1-5-29-13/h1-5,11-12,16-17H,6-9H2,(H,20,23)(H,24,25)(H,19,21,22)/p-1/t11-,12-,16+,17+/m0/s1. The van der Waals surface area contributed by atoms with E-state index in [9.17, 15) is 14.7 Å².